The van der Waals surface area contributed by atoms with Crippen molar-refractivity contribution in [2.45, 2.75) is 13.3 Å². The van der Waals surface area contributed by atoms with E-state index in [2.05, 4.69) is 10.3 Å². The predicted molar refractivity (Wildman–Crippen MR) is 102 cm³/mol. The van der Waals surface area contributed by atoms with Crippen molar-refractivity contribution in [3.63, 3.8) is 0 Å². The SMILES string of the molecule is Cc1cc(NC(=O)C2CC(=O)N(c3cccc4ccccc34)C2)ccn1. The van der Waals surface area contributed by atoms with Crippen LogP contribution in [0.4, 0.5) is 11.4 Å². The van der Waals surface area contributed by atoms with Crippen LogP contribution < -0.4 is 10.2 Å². The summed E-state index contributed by atoms with van der Waals surface area (Å²) in [6.45, 7) is 2.26. The first kappa shape index (κ1) is 16.3. The summed E-state index contributed by atoms with van der Waals surface area (Å²) in [5, 5.41) is 5.00. The highest BCUT2D eigenvalue weighted by Gasteiger charge is 2.35. The maximum absolute atomic E-state index is 12.6. The molecule has 1 aliphatic heterocycles. The molecule has 1 fully saturated rings. The molecule has 3 aromatic rings. The number of amides is 2. The molecule has 0 aliphatic carbocycles. The topological polar surface area (TPSA) is 62.3 Å². The molecule has 0 saturated carbocycles. The molecule has 0 spiro atoms. The Morgan fingerprint density at radius 2 is 1.96 bits per heavy atom. The van der Waals surface area contributed by atoms with Crippen molar-refractivity contribution in [2.75, 3.05) is 16.8 Å². The number of hydrogen-bond acceptors (Lipinski definition) is 3. The van der Waals surface area contributed by atoms with Crippen molar-refractivity contribution in [3.05, 3.63) is 66.5 Å². The van der Waals surface area contributed by atoms with Crippen LogP contribution in [0.1, 0.15) is 12.1 Å². The lowest BCUT2D eigenvalue weighted by Crippen LogP contribution is -2.28. The van der Waals surface area contributed by atoms with Gasteiger partial charge in [0.15, 0.2) is 0 Å². The molecule has 2 amide bonds. The molecule has 4 rings (SSSR count). The van der Waals surface area contributed by atoms with Gasteiger partial charge in [-0.3, -0.25) is 14.6 Å². The van der Waals surface area contributed by atoms with Crippen LogP contribution in [0.5, 0.6) is 0 Å². The second-order valence-corrected chi connectivity index (χ2v) is 6.58. The lowest BCUT2D eigenvalue weighted by molar-refractivity contribution is -0.122. The molecule has 2 heterocycles. The number of rotatable bonds is 3. The maximum atomic E-state index is 12.6. The molecule has 1 aromatic heterocycles. The molecular weight excluding hydrogens is 326 g/mol. The van der Waals surface area contributed by atoms with Gasteiger partial charge in [-0.1, -0.05) is 36.4 Å². The van der Waals surface area contributed by atoms with Crippen molar-refractivity contribution in [2.24, 2.45) is 5.92 Å². The van der Waals surface area contributed by atoms with Crippen LogP contribution in [0.15, 0.2) is 60.8 Å². The number of nitrogens with one attached hydrogen (secondary N) is 1. The van der Waals surface area contributed by atoms with E-state index in [1.165, 1.54) is 0 Å². The Bertz CT molecular complexity index is 994. The van der Waals surface area contributed by atoms with Gasteiger partial charge in [0.2, 0.25) is 11.8 Å². The lowest BCUT2D eigenvalue weighted by atomic mass is 10.1. The second-order valence-electron chi connectivity index (χ2n) is 6.58. The number of carbonyl (C=O) groups excluding carboxylic acids is 2. The standard InChI is InChI=1S/C21H19N3O2/c1-14-11-17(9-10-22-14)23-21(26)16-12-20(25)24(13-16)19-8-4-6-15-5-2-3-7-18(15)19/h2-11,16H,12-13H2,1H3,(H,22,23,26). The first-order valence-corrected chi connectivity index (χ1v) is 8.63. The van der Waals surface area contributed by atoms with Crippen LogP contribution in [0.25, 0.3) is 10.8 Å². The Morgan fingerprint density at radius 3 is 2.81 bits per heavy atom. The Hall–Kier alpha value is -3.21. The molecule has 1 saturated heterocycles. The zero-order valence-electron chi connectivity index (χ0n) is 14.5. The molecule has 1 atom stereocenters. The monoisotopic (exact) mass is 345 g/mol. The number of aromatic nitrogens is 1. The minimum atomic E-state index is -0.366. The molecule has 1 unspecified atom stereocenters. The molecule has 26 heavy (non-hydrogen) atoms. The van der Waals surface area contributed by atoms with Gasteiger partial charge in [-0.25, -0.2) is 0 Å². The first-order valence-electron chi connectivity index (χ1n) is 8.63. The summed E-state index contributed by atoms with van der Waals surface area (Å²) in [5.41, 5.74) is 2.41. The number of fused-ring (bicyclic) bond motifs is 1. The van der Waals surface area contributed by atoms with Crippen molar-refractivity contribution in [1.29, 1.82) is 0 Å². The fraction of sp³-hybridized carbons (Fsp3) is 0.190. The predicted octanol–water partition coefficient (Wildman–Crippen LogP) is 3.53. The van der Waals surface area contributed by atoms with Gasteiger partial charge >= 0.3 is 0 Å². The van der Waals surface area contributed by atoms with Gasteiger partial charge in [0, 0.05) is 35.9 Å². The van der Waals surface area contributed by atoms with Crippen LogP contribution >= 0.6 is 0 Å². The number of nitrogens with zero attached hydrogens (tertiary/aromatic N) is 2. The fourth-order valence-corrected chi connectivity index (χ4v) is 3.43. The average Bonchev–Trinajstić information content (AvgIpc) is 3.03. The van der Waals surface area contributed by atoms with E-state index in [1.54, 1.807) is 17.2 Å². The smallest absolute Gasteiger partial charge is 0.229 e. The summed E-state index contributed by atoms with van der Waals surface area (Å²) in [4.78, 5) is 31.0. The number of aryl methyl sites for hydroxylation is 1. The molecule has 0 bridgehead atoms. The van der Waals surface area contributed by atoms with E-state index in [1.807, 2.05) is 55.5 Å². The van der Waals surface area contributed by atoms with E-state index < -0.39 is 0 Å². The highest BCUT2D eigenvalue weighted by Crippen LogP contribution is 2.32. The van der Waals surface area contributed by atoms with Gasteiger partial charge in [0.25, 0.3) is 0 Å². The third-order valence-corrected chi connectivity index (χ3v) is 4.72. The van der Waals surface area contributed by atoms with Crippen molar-refractivity contribution >= 4 is 34.0 Å². The fourth-order valence-electron chi connectivity index (χ4n) is 3.43. The van der Waals surface area contributed by atoms with Crippen LogP contribution in [0.2, 0.25) is 0 Å². The molecule has 5 nitrogen and oxygen atoms in total. The summed E-state index contributed by atoms with van der Waals surface area (Å²) in [7, 11) is 0. The number of benzene rings is 2. The Kier molecular flexibility index (Phi) is 4.13. The van der Waals surface area contributed by atoms with E-state index in [9.17, 15) is 9.59 Å². The summed E-state index contributed by atoms with van der Waals surface area (Å²) in [6, 6.07) is 17.4. The normalized spacial score (nSPS) is 16.9. The van der Waals surface area contributed by atoms with Crippen LogP contribution in [0, 0.1) is 12.8 Å². The summed E-state index contributed by atoms with van der Waals surface area (Å²) in [6.07, 6.45) is 1.88. The van der Waals surface area contributed by atoms with Crippen LogP contribution in [-0.4, -0.2) is 23.3 Å². The van der Waals surface area contributed by atoms with Crippen molar-refractivity contribution < 1.29 is 9.59 Å². The van der Waals surface area contributed by atoms with E-state index >= 15 is 0 Å². The van der Waals surface area contributed by atoms with E-state index in [-0.39, 0.29) is 24.2 Å². The van der Waals surface area contributed by atoms with Gasteiger partial charge < -0.3 is 10.2 Å². The van der Waals surface area contributed by atoms with Gasteiger partial charge in [-0.15, -0.1) is 0 Å². The average molecular weight is 345 g/mol. The van der Waals surface area contributed by atoms with Gasteiger partial charge in [-0.2, -0.15) is 0 Å². The number of pyridine rings is 1. The van der Waals surface area contributed by atoms with Crippen LogP contribution in [-0.2, 0) is 9.59 Å². The van der Waals surface area contributed by atoms with Crippen molar-refractivity contribution in [3.8, 4) is 0 Å². The number of hydrogen-bond donors (Lipinski definition) is 1. The van der Waals surface area contributed by atoms with Crippen LogP contribution in [0.3, 0.4) is 0 Å². The Morgan fingerprint density at radius 1 is 1.15 bits per heavy atom. The van der Waals surface area contributed by atoms with E-state index in [0.29, 0.717) is 12.2 Å². The first-order chi connectivity index (χ1) is 12.6. The van der Waals surface area contributed by atoms with E-state index in [4.69, 9.17) is 0 Å². The largest absolute Gasteiger partial charge is 0.326 e. The summed E-state index contributed by atoms with van der Waals surface area (Å²) >= 11 is 0. The van der Waals surface area contributed by atoms with Gasteiger partial charge in [-0.05, 0) is 30.5 Å². The zero-order chi connectivity index (χ0) is 18.1. The third-order valence-electron chi connectivity index (χ3n) is 4.72. The van der Waals surface area contributed by atoms with E-state index in [0.717, 1.165) is 22.2 Å². The lowest BCUT2D eigenvalue weighted by Gasteiger charge is -2.19. The Labute approximate surface area is 151 Å². The Balaban J connectivity index is 1.56. The summed E-state index contributed by atoms with van der Waals surface area (Å²) < 4.78 is 0. The van der Waals surface area contributed by atoms with Gasteiger partial charge in [0.05, 0.1) is 11.6 Å². The molecule has 1 aliphatic rings. The molecule has 130 valence electrons. The zero-order valence-corrected chi connectivity index (χ0v) is 14.5. The van der Waals surface area contributed by atoms with Gasteiger partial charge in [0.1, 0.15) is 0 Å². The highest BCUT2D eigenvalue weighted by molar-refractivity contribution is 6.08. The number of carbonyl (C=O) groups is 2. The second kappa shape index (κ2) is 6.59. The highest BCUT2D eigenvalue weighted by atomic mass is 16.2. The third kappa shape index (κ3) is 3.04. The minimum Gasteiger partial charge on any atom is -0.326 e. The molecule has 2 aromatic carbocycles. The molecule has 5 heteroatoms. The van der Waals surface area contributed by atoms with Crippen molar-refractivity contribution in [1.82, 2.24) is 4.98 Å². The molecule has 1 N–H and O–H groups in total. The maximum Gasteiger partial charge on any atom is 0.229 e. The molecule has 0 radical (unpaired) electrons. The number of anilines is 2. The summed E-state index contributed by atoms with van der Waals surface area (Å²) in [5.74, 6) is -0.519. The minimum absolute atomic E-state index is 0.0209. The molecular formula is C21H19N3O2. The quantitative estimate of drug-likeness (QED) is 0.790.